The monoisotopic (exact) mass is 302 g/mol. The second-order valence-corrected chi connectivity index (χ2v) is 6.22. The lowest BCUT2D eigenvalue weighted by molar-refractivity contribution is 0.0783. The van der Waals surface area contributed by atoms with Crippen LogP contribution in [0.25, 0.3) is 0 Å². The SMILES string of the molecule is COc1ccccc1C(=O)N1CC[C@@H](Cc2nccs2)C1. The number of rotatable bonds is 4. The number of likely N-dealkylation sites (tertiary alicyclic amines) is 1. The van der Waals surface area contributed by atoms with Gasteiger partial charge in [0.25, 0.3) is 5.91 Å². The van der Waals surface area contributed by atoms with E-state index in [0.29, 0.717) is 17.2 Å². The van der Waals surface area contributed by atoms with Gasteiger partial charge in [-0.3, -0.25) is 4.79 Å². The van der Waals surface area contributed by atoms with E-state index in [1.165, 1.54) is 0 Å². The number of thiazole rings is 1. The molecule has 21 heavy (non-hydrogen) atoms. The normalized spacial score (nSPS) is 18.0. The zero-order chi connectivity index (χ0) is 14.7. The van der Waals surface area contributed by atoms with Crippen LogP contribution in [-0.4, -0.2) is 36.0 Å². The predicted octanol–water partition coefficient (Wildman–Crippen LogP) is 2.86. The maximum atomic E-state index is 12.6. The molecular weight excluding hydrogens is 284 g/mol. The largest absolute Gasteiger partial charge is 0.496 e. The number of para-hydroxylation sites is 1. The molecule has 2 heterocycles. The number of hydrogen-bond acceptors (Lipinski definition) is 4. The summed E-state index contributed by atoms with van der Waals surface area (Å²) in [6.45, 7) is 1.61. The summed E-state index contributed by atoms with van der Waals surface area (Å²) >= 11 is 1.69. The lowest BCUT2D eigenvalue weighted by Crippen LogP contribution is -2.29. The zero-order valence-electron chi connectivity index (χ0n) is 12.0. The summed E-state index contributed by atoms with van der Waals surface area (Å²) in [7, 11) is 1.60. The fourth-order valence-electron chi connectivity index (χ4n) is 2.78. The molecule has 0 unspecified atom stereocenters. The van der Waals surface area contributed by atoms with E-state index in [2.05, 4.69) is 4.98 Å². The highest BCUT2D eigenvalue weighted by molar-refractivity contribution is 7.09. The van der Waals surface area contributed by atoms with Crippen LogP contribution in [0.4, 0.5) is 0 Å². The fourth-order valence-corrected chi connectivity index (χ4v) is 3.51. The highest BCUT2D eigenvalue weighted by Gasteiger charge is 2.28. The minimum absolute atomic E-state index is 0.0640. The van der Waals surface area contributed by atoms with Crippen molar-refractivity contribution in [2.75, 3.05) is 20.2 Å². The summed E-state index contributed by atoms with van der Waals surface area (Å²) in [5.41, 5.74) is 0.648. The molecule has 1 aromatic heterocycles. The van der Waals surface area contributed by atoms with E-state index in [-0.39, 0.29) is 5.91 Å². The topological polar surface area (TPSA) is 42.4 Å². The maximum absolute atomic E-state index is 12.6. The standard InChI is InChI=1S/C16H18N2O2S/c1-20-14-5-3-2-4-13(14)16(19)18-8-6-12(11-18)10-15-17-7-9-21-15/h2-5,7,9,12H,6,8,10-11H2,1H3/t12-/m0/s1. The Labute approximate surface area is 128 Å². The molecule has 0 aliphatic carbocycles. The molecule has 1 atom stereocenters. The van der Waals surface area contributed by atoms with Crippen LogP contribution in [0.15, 0.2) is 35.8 Å². The van der Waals surface area contributed by atoms with Crippen LogP contribution < -0.4 is 4.74 Å². The molecule has 1 aromatic carbocycles. The Morgan fingerprint density at radius 1 is 1.48 bits per heavy atom. The average molecular weight is 302 g/mol. The van der Waals surface area contributed by atoms with Crippen LogP contribution in [0.2, 0.25) is 0 Å². The number of methoxy groups -OCH3 is 1. The third-order valence-corrected chi connectivity index (χ3v) is 4.66. The number of aromatic nitrogens is 1. The molecule has 1 amide bonds. The van der Waals surface area contributed by atoms with Gasteiger partial charge < -0.3 is 9.64 Å². The van der Waals surface area contributed by atoms with Crippen LogP contribution in [0.1, 0.15) is 21.8 Å². The van der Waals surface area contributed by atoms with Crippen molar-refractivity contribution in [3.8, 4) is 5.75 Å². The zero-order valence-corrected chi connectivity index (χ0v) is 12.8. The lowest BCUT2D eigenvalue weighted by Gasteiger charge is -2.18. The Morgan fingerprint density at radius 2 is 2.33 bits per heavy atom. The summed E-state index contributed by atoms with van der Waals surface area (Å²) in [6, 6.07) is 7.41. The van der Waals surface area contributed by atoms with Crippen LogP contribution in [0, 0.1) is 5.92 Å². The summed E-state index contributed by atoms with van der Waals surface area (Å²) < 4.78 is 5.28. The number of carbonyl (C=O) groups excluding carboxylic acids is 1. The van der Waals surface area contributed by atoms with Crippen molar-refractivity contribution in [2.24, 2.45) is 5.92 Å². The van der Waals surface area contributed by atoms with E-state index in [0.717, 1.165) is 30.9 Å². The molecule has 1 aliphatic heterocycles. The second-order valence-electron chi connectivity index (χ2n) is 5.24. The van der Waals surface area contributed by atoms with Gasteiger partial charge in [0.05, 0.1) is 17.7 Å². The summed E-state index contributed by atoms with van der Waals surface area (Å²) in [6.07, 6.45) is 3.85. The van der Waals surface area contributed by atoms with Gasteiger partial charge in [-0.25, -0.2) is 4.98 Å². The minimum Gasteiger partial charge on any atom is -0.496 e. The molecule has 110 valence electrons. The van der Waals surface area contributed by atoms with Crippen LogP contribution in [-0.2, 0) is 6.42 Å². The van der Waals surface area contributed by atoms with Gasteiger partial charge in [0, 0.05) is 31.1 Å². The molecule has 4 nitrogen and oxygen atoms in total. The quantitative estimate of drug-likeness (QED) is 0.872. The number of carbonyl (C=O) groups is 1. The molecule has 0 radical (unpaired) electrons. The molecule has 0 N–H and O–H groups in total. The van der Waals surface area contributed by atoms with Crippen molar-refractivity contribution >= 4 is 17.2 Å². The van der Waals surface area contributed by atoms with Crippen molar-refractivity contribution in [3.63, 3.8) is 0 Å². The molecule has 0 saturated carbocycles. The summed E-state index contributed by atoms with van der Waals surface area (Å²) in [5, 5.41) is 3.16. The van der Waals surface area contributed by atoms with E-state index >= 15 is 0 Å². The molecule has 3 rings (SSSR count). The third kappa shape index (κ3) is 3.08. The number of ether oxygens (including phenoxy) is 1. The number of nitrogens with zero attached hydrogens (tertiary/aromatic N) is 2. The number of benzene rings is 1. The van der Waals surface area contributed by atoms with Gasteiger partial charge in [-0.2, -0.15) is 0 Å². The van der Waals surface area contributed by atoms with Crippen molar-refractivity contribution in [2.45, 2.75) is 12.8 Å². The first kappa shape index (κ1) is 14.1. The van der Waals surface area contributed by atoms with Gasteiger partial charge in [-0.05, 0) is 24.5 Å². The van der Waals surface area contributed by atoms with Crippen molar-refractivity contribution in [3.05, 3.63) is 46.4 Å². The van der Waals surface area contributed by atoms with Gasteiger partial charge in [-0.15, -0.1) is 11.3 Å². The van der Waals surface area contributed by atoms with Gasteiger partial charge in [0.1, 0.15) is 5.75 Å². The number of hydrogen-bond donors (Lipinski definition) is 0. The summed E-state index contributed by atoms with van der Waals surface area (Å²) in [4.78, 5) is 18.9. The highest BCUT2D eigenvalue weighted by atomic mass is 32.1. The van der Waals surface area contributed by atoms with Crippen LogP contribution in [0.5, 0.6) is 5.75 Å². The molecule has 1 saturated heterocycles. The van der Waals surface area contributed by atoms with Gasteiger partial charge >= 0.3 is 0 Å². The first-order valence-electron chi connectivity index (χ1n) is 7.08. The third-order valence-electron chi connectivity index (χ3n) is 3.86. The van der Waals surface area contributed by atoms with E-state index in [1.54, 1.807) is 18.4 Å². The average Bonchev–Trinajstić information content (AvgIpc) is 3.19. The molecule has 1 aliphatic rings. The van der Waals surface area contributed by atoms with Crippen molar-refractivity contribution < 1.29 is 9.53 Å². The van der Waals surface area contributed by atoms with Gasteiger partial charge in [0.15, 0.2) is 0 Å². The fraction of sp³-hybridized carbons (Fsp3) is 0.375. The molecule has 0 bridgehead atoms. The highest BCUT2D eigenvalue weighted by Crippen LogP contribution is 2.26. The molecular formula is C16H18N2O2S. The van der Waals surface area contributed by atoms with E-state index in [9.17, 15) is 4.79 Å². The Morgan fingerprint density at radius 3 is 3.10 bits per heavy atom. The molecule has 5 heteroatoms. The van der Waals surface area contributed by atoms with Gasteiger partial charge in [0.2, 0.25) is 0 Å². The lowest BCUT2D eigenvalue weighted by atomic mass is 10.1. The second kappa shape index (κ2) is 6.26. The van der Waals surface area contributed by atoms with E-state index in [1.807, 2.05) is 40.7 Å². The van der Waals surface area contributed by atoms with Crippen LogP contribution in [0.3, 0.4) is 0 Å². The van der Waals surface area contributed by atoms with Crippen molar-refractivity contribution in [1.82, 2.24) is 9.88 Å². The van der Waals surface area contributed by atoms with E-state index < -0.39 is 0 Å². The summed E-state index contributed by atoms with van der Waals surface area (Å²) in [5.74, 6) is 1.22. The van der Waals surface area contributed by atoms with Crippen molar-refractivity contribution in [1.29, 1.82) is 0 Å². The Kier molecular flexibility index (Phi) is 4.20. The Hall–Kier alpha value is -1.88. The molecule has 1 fully saturated rings. The maximum Gasteiger partial charge on any atom is 0.257 e. The Balaban J connectivity index is 1.66. The molecule has 0 spiro atoms. The predicted molar refractivity (Wildman–Crippen MR) is 82.8 cm³/mol. The van der Waals surface area contributed by atoms with Crippen LogP contribution >= 0.6 is 11.3 Å². The first-order valence-corrected chi connectivity index (χ1v) is 7.96. The Bertz CT molecular complexity index is 612. The first-order chi connectivity index (χ1) is 10.3. The number of amides is 1. The van der Waals surface area contributed by atoms with E-state index in [4.69, 9.17) is 4.74 Å². The minimum atomic E-state index is 0.0640. The van der Waals surface area contributed by atoms with Gasteiger partial charge in [-0.1, -0.05) is 12.1 Å². The molecule has 2 aromatic rings. The smallest absolute Gasteiger partial charge is 0.257 e.